The van der Waals surface area contributed by atoms with Crippen LogP contribution in [0.1, 0.15) is 44.1 Å². The predicted octanol–water partition coefficient (Wildman–Crippen LogP) is 4.87. The topological polar surface area (TPSA) is 87.9 Å². The lowest BCUT2D eigenvalue weighted by Gasteiger charge is -2.17. The van der Waals surface area contributed by atoms with Crippen LogP contribution >= 0.6 is 0 Å². The molecule has 3 aromatic rings. The molecule has 1 aliphatic heterocycles. The summed E-state index contributed by atoms with van der Waals surface area (Å²) in [5.74, 6) is 3.05. The molecule has 2 heterocycles. The van der Waals surface area contributed by atoms with Crippen molar-refractivity contribution < 1.29 is 23.6 Å². The van der Waals surface area contributed by atoms with Gasteiger partial charge in [0.1, 0.15) is 5.75 Å². The molecule has 1 unspecified atom stereocenters. The molecule has 1 aromatic heterocycles. The summed E-state index contributed by atoms with van der Waals surface area (Å²) in [6.45, 7) is 1.87. The van der Waals surface area contributed by atoms with Crippen LogP contribution in [-0.2, 0) is 10.4 Å². The normalized spacial score (nSPS) is 20.4. The molecule has 1 N–H and O–H groups in total. The second-order valence-corrected chi connectivity index (χ2v) is 8.41. The molecule has 8 nitrogen and oxygen atoms in total. The maximum absolute atomic E-state index is 6.23. The second kappa shape index (κ2) is 8.78. The Morgan fingerprint density at radius 2 is 1.73 bits per heavy atom. The number of hydrogen-bond acceptors (Lipinski definition) is 8. The van der Waals surface area contributed by atoms with Crippen molar-refractivity contribution in [3.05, 3.63) is 60.0 Å². The summed E-state index contributed by atoms with van der Waals surface area (Å²) in [4.78, 5) is 10.4. The number of rotatable bonds is 7. The van der Waals surface area contributed by atoms with E-state index in [1.54, 1.807) is 14.2 Å². The Bertz CT molecular complexity index is 1150. The van der Waals surface area contributed by atoms with Crippen molar-refractivity contribution in [1.82, 2.24) is 15.6 Å². The highest BCUT2D eigenvalue weighted by Crippen LogP contribution is 2.38. The lowest BCUT2D eigenvalue weighted by Crippen LogP contribution is -2.23. The van der Waals surface area contributed by atoms with Gasteiger partial charge in [0.15, 0.2) is 17.1 Å². The summed E-state index contributed by atoms with van der Waals surface area (Å²) < 4.78 is 22.5. The van der Waals surface area contributed by atoms with Crippen LogP contribution in [0, 0.1) is 0 Å². The quantitative estimate of drug-likeness (QED) is 0.547. The number of aromatic nitrogens is 2. The smallest absolute Gasteiger partial charge is 0.265 e. The van der Waals surface area contributed by atoms with Crippen LogP contribution in [0.3, 0.4) is 0 Å². The fraction of sp³-hybridized carbons (Fsp3) is 0.360. The minimum atomic E-state index is -0.917. The standard InChI is InChI=1S/C25H27N3O5/c1-25(24-26-23(28-32-24)16-8-11-18(29-2)12-9-16)15-20(27-33-25)17-10-13-21(30-3)22(14-17)31-19-6-4-5-7-19/h8-15,19,27H,4-7H2,1-3H3. The van der Waals surface area contributed by atoms with Crippen LogP contribution in [0.15, 0.2) is 53.1 Å². The van der Waals surface area contributed by atoms with Gasteiger partial charge in [-0.05, 0) is 81.1 Å². The first kappa shape index (κ1) is 21.3. The van der Waals surface area contributed by atoms with Crippen molar-refractivity contribution in [2.45, 2.75) is 44.3 Å². The molecule has 1 atom stereocenters. The summed E-state index contributed by atoms with van der Waals surface area (Å²) >= 11 is 0. The Morgan fingerprint density at radius 3 is 2.45 bits per heavy atom. The maximum atomic E-state index is 6.23. The molecule has 33 heavy (non-hydrogen) atoms. The number of methoxy groups -OCH3 is 2. The third-order valence-electron chi connectivity index (χ3n) is 6.06. The van der Waals surface area contributed by atoms with E-state index in [1.807, 2.05) is 55.5 Å². The van der Waals surface area contributed by atoms with E-state index in [0.29, 0.717) is 17.5 Å². The number of ether oxygens (including phenoxy) is 3. The van der Waals surface area contributed by atoms with Gasteiger partial charge in [-0.1, -0.05) is 5.16 Å². The Balaban J connectivity index is 1.39. The first-order valence-electron chi connectivity index (χ1n) is 11.1. The Morgan fingerprint density at radius 1 is 0.970 bits per heavy atom. The Kier molecular flexibility index (Phi) is 5.68. The maximum Gasteiger partial charge on any atom is 0.265 e. The minimum absolute atomic E-state index is 0.232. The van der Waals surface area contributed by atoms with Crippen molar-refractivity contribution in [3.8, 4) is 28.6 Å². The third-order valence-corrected chi connectivity index (χ3v) is 6.06. The molecule has 0 spiro atoms. The average Bonchev–Trinajstić information content (AvgIpc) is 3.61. The van der Waals surface area contributed by atoms with Gasteiger partial charge in [-0.2, -0.15) is 4.98 Å². The van der Waals surface area contributed by atoms with Crippen molar-refractivity contribution in [3.63, 3.8) is 0 Å². The van der Waals surface area contributed by atoms with Crippen LogP contribution in [-0.4, -0.2) is 30.5 Å². The first-order chi connectivity index (χ1) is 16.1. The molecule has 0 bridgehead atoms. The van der Waals surface area contributed by atoms with Crippen LogP contribution in [0.2, 0.25) is 0 Å². The zero-order valence-electron chi connectivity index (χ0n) is 19.0. The van der Waals surface area contributed by atoms with E-state index in [1.165, 1.54) is 12.8 Å². The van der Waals surface area contributed by atoms with E-state index in [0.717, 1.165) is 41.2 Å². The molecule has 1 saturated carbocycles. The summed E-state index contributed by atoms with van der Waals surface area (Å²) in [6, 6.07) is 13.3. The molecule has 5 rings (SSSR count). The van der Waals surface area contributed by atoms with Crippen LogP contribution in [0.4, 0.5) is 0 Å². The van der Waals surface area contributed by atoms with Gasteiger partial charge in [0.2, 0.25) is 5.82 Å². The molecule has 8 heteroatoms. The van der Waals surface area contributed by atoms with E-state index in [2.05, 4.69) is 15.6 Å². The minimum Gasteiger partial charge on any atom is -0.497 e. The Hall–Kier alpha value is -3.52. The molecule has 0 saturated heterocycles. The third kappa shape index (κ3) is 4.26. The van der Waals surface area contributed by atoms with Crippen LogP contribution < -0.4 is 19.7 Å². The van der Waals surface area contributed by atoms with Gasteiger partial charge >= 0.3 is 0 Å². The number of hydrogen-bond donors (Lipinski definition) is 1. The van der Waals surface area contributed by atoms with Gasteiger partial charge in [0.05, 0.1) is 26.0 Å². The van der Waals surface area contributed by atoms with E-state index in [-0.39, 0.29) is 6.10 Å². The number of hydroxylamine groups is 1. The van der Waals surface area contributed by atoms with Gasteiger partial charge in [-0.3, -0.25) is 10.3 Å². The van der Waals surface area contributed by atoms with Crippen molar-refractivity contribution in [2.75, 3.05) is 14.2 Å². The SMILES string of the molecule is COc1ccc(-c2noc(C3(C)C=C(c4ccc(OC)c(OC5CCCC5)c4)NO3)n2)cc1. The van der Waals surface area contributed by atoms with Crippen molar-refractivity contribution in [2.24, 2.45) is 0 Å². The molecular weight excluding hydrogens is 422 g/mol. The highest BCUT2D eigenvalue weighted by Gasteiger charge is 2.38. The van der Waals surface area contributed by atoms with E-state index < -0.39 is 5.60 Å². The lowest BCUT2D eigenvalue weighted by atomic mass is 10.0. The van der Waals surface area contributed by atoms with Crippen molar-refractivity contribution in [1.29, 1.82) is 0 Å². The number of nitrogens with one attached hydrogen (secondary N) is 1. The molecule has 1 fully saturated rings. The van der Waals surface area contributed by atoms with Gasteiger partial charge in [0, 0.05) is 11.1 Å². The van der Waals surface area contributed by atoms with Gasteiger partial charge in [-0.15, -0.1) is 0 Å². The second-order valence-electron chi connectivity index (χ2n) is 8.41. The molecule has 2 aliphatic rings. The Labute approximate surface area is 192 Å². The van der Waals surface area contributed by atoms with E-state index in [4.69, 9.17) is 23.6 Å². The van der Waals surface area contributed by atoms with Gasteiger partial charge in [-0.25, -0.2) is 0 Å². The summed E-state index contributed by atoms with van der Waals surface area (Å²) in [5.41, 5.74) is 4.63. The highest BCUT2D eigenvalue weighted by molar-refractivity contribution is 5.68. The number of benzene rings is 2. The highest BCUT2D eigenvalue weighted by atomic mass is 16.7. The molecule has 0 radical (unpaired) electrons. The molecule has 2 aromatic carbocycles. The largest absolute Gasteiger partial charge is 0.497 e. The van der Waals surface area contributed by atoms with Gasteiger partial charge < -0.3 is 18.7 Å². The zero-order chi connectivity index (χ0) is 22.8. The fourth-order valence-electron chi connectivity index (χ4n) is 4.15. The summed E-state index contributed by atoms with van der Waals surface area (Å²) in [6.07, 6.45) is 6.71. The first-order valence-corrected chi connectivity index (χ1v) is 11.1. The summed E-state index contributed by atoms with van der Waals surface area (Å²) in [5, 5.41) is 4.12. The monoisotopic (exact) mass is 449 g/mol. The molecule has 172 valence electrons. The lowest BCUT2D eigenvalue weighted by molar-refractivity contribution is -0.0445. The molecule has 0 amide bonds. The zero-order valence-corrected chi connectivity index (χ0v) is 19.0. The van der Waals surface area contributed by atoms with Crippen LogP contribution in [0.25, 0.3) is 17.1 Å². The molecular formula is C25H27N3O5. The van der Waals surface area contributed by atoms with Crippen molar-refractivity contribution >= 4 is 5.70 Å². The van der Waals surface area contributed by atoms with Crippen LogP contribution in [0.5, 0.6) is 17.2 Å². The average molecular weight is 450 g/mol. The van der Waals surface area contributed by atoms with E-state index in [9.17, 15) is 0 Å². The fourth-order valence-corrected chi connectivity index (χ4v) is 4.15. The predicted molar refractivity (Wildman–Crippen MR) is 122 cm³/mol. The van der Waals surface area contributed by atoms with E-state index >= 15 is 0 Å². The number of nitrogens with zero attached hydrogens (tertiary/aromatic N) is 2. The summed E-state index contributed by atoms with van der Waals surface area (Å²) in [7, 11) is 3.28. The molecule has 1 aliphatic carbocycles. The van der Waals surface area contributed by atoms with Gasteiger partial charge in [0.25, 0.3) is 5.89 Å².